The maximum Gasteiger partial charge on any atom is 0.356 e. The standard InChI is InChI=1S/C13H8Cl3NO2/c1-19-13(18)10-6-5-8(12(16)17-10)7-3-2-4-9(14)11(7)15/h2-6H,1H3. The Kier molecular flexibility index (Phi) is 4.30. The van der Waals surface area contributed by atoms with Crippen LogP contribution in [0.25, 0.3) is 11.1 Å². The average molecular weight is 317 g/mol. The summed E-state index contributed by atoms with van der Waals surface area (Å²) in [4.78, 5) is 15.3. The Bertz CT molecular complexity index is 644. The molecule has 0 aliphatic heterocycles. The summed E-state index contributed by atoms with van der Waals surface area (Å²) in [6.45, 7) is 0. The lowest BCUT2D eigenvalue weighted by atomic mass is 10.1. The Balaban J connectivity index is 2.52. The van der Waals surface area contributed by atoms with Crippen molar-refractivity contribution in [2.45, 2.75) is 0 Å². The maximum absolute atomic E-state index is 11.3. The summed E-state index contributed by atoms with van der Waals surface area (Å²) in [6, 6.07) is 8.38. The zero-order valence-corrected chi connectivity index (χ0v) is 12.1. The van der Waals surface area contributed by atoms with E-state index >= 15 is 0 Å². The summed E-state index contributed by atoms with van der Waals surface area (Å²) < 4.78 is 4.57. The second kappa shape index (κ2) is 5.78. The lowest BCUT2D eigenvalue weighted by Gasteiger charge is -2.08. The molecule has 98 valence electrons. The number of esters is 1. The van der Waals surface area contributed by atoms with Crippen LogP contribution in [0.5, 0.6) is 0 Å². The van der Waals surface area contributed by atoms with Crippen molar-refractivity contribution in [1.29, 1.82) is 0 Å². The number of hydrogen-bond donors (Lipinski definition) is 0. The van der Waals surface area contributed by atoms with Gasteiger partial charge in [-0.2, -0.15) is 0 Å². The largest absolute Gasteiger partial charge is 0.464 e. The van der Waals surface area contributed by atoms with Crippen molar-refractivity contribution in [3.8, 4) is 11.1 Å². The molecule has 0 saturated carbocycles. The van der Waals surface area contributed by atoms with Gasteiger partial charge in [0.25, 0.3) is 0 Å². The Hall–Kier alpha value is -1.29. The maximum atomic E-state index is 11.3. The number of nitrogens with zero attached hydrogens (tertiary/aromatic N) is 1. The van der Waals surface area contributed by atoms with Crippen LogP contribution in [-0.2, 0) is 4.74 Å². The van der Waals surface area contributed by atoms with Crippen LogP contribution >= 0.6 is 34.8 Å². The van der Waals surface area contributed by atoms with E-state index in [1.807, 2.05) is 0 Å². The predicted octanol–water partition coefficient (Wildman–Crippen LogP) is 4.50. The van der Waals surface area contributed by atoms with Crippen molar-refractivity contribution in [3.63, 3.8) is 0 Å². The minimum atomic E-state index is -0.550. The molecule has 19 heavy (non-hydrogen) atoms. The van der Waals surface area contributed by atoms with Crippen LogP contribution in [0.15, 0.2) is 30.3 Å². The van der Waals surface area contributed by atoms with Crippen molar-refractivity contribution in [3.05, 3.63) is 51.2 Å². The molecule has 3 nitrogen and oxygen atoms in total. The van der Waals surface area contributed by atoms with E-state index in [0.29, 0.717) is 21.2 Å². The molecular formula is C13H8Cl3NO2. The first-order chi connectivity index (χ1) is 9.04. The van der Waals surface area contributed by atoms with Gasteiger partial charge in [-0.25, -0.2) is 9.78 Å². The first-order valence-corrected chi connectivity index (χ1v) is 6.37. The van der Waals surface area contributed by atoms with Crippen LogP contribution in [0.1, 0.15) is 10.5 Å². The molecule has 0 amide bonds. The van der Waals surface area contributed by atoms with Crippen LogP contribution in [-0.4, -0.2) is 18.1 Å². The van der Waals surface area contributed by atoms with Gasteiger partial charge in [0.05, 0.1) is 17.2 Å². The van der Waals surface area contributed by atoms with Crippen LogP contribution in [0.3, 0.4) is 0 Å². The van der Waals surface area contributed by atoms with Gasteiger partial charge in [-0.3, -0.25) is 0 Å². The average Bonchev–Trinajstić information content (AvgIpc) is 2.41. The highest BCUT2D eigenvalue weighted by Crippen LogP contribution is 2.36. The summed E-state index contributed by atoms with van der Waals surface area (Å²) in [5.74, 6) is -0.550. The molecule has 6 heteroatoms. The highest BCUT2D eigenvalue weighted by Gasteiger charge is 2.14. The van der Waals surface area contributed by atoms with Gasteiger partial charge in [0, 0.05) is 11.1 Å². The molecule has 0 aliphatic rings. The fourth-order valence-electron chi connectivity index (χ4n) is 1.57. The van der Waals surface area contributed by atoms with E-state index < -0.39 is 5.97 Å². The number of carbonyl (C=O) groups is 1. The Morgan fingerprint density at radius 1 is 1.11 bits per heavy atom. The van der Waals surface area contributed by atoms with E-state index in [4.69, 9.17) is 34.8 Å². The molecule has 0 N–H and O–H groups in total. The fraction of sp³-hybridized carbons (Fsp3) is 0.0769. The summed E-state index contributed by atoms with van der Waals surface area (Å²) in [6.07, 6.45) is 0. The zero-order chi connectivity index (χ0) is 14.0. The molecule has 0 aliphatic carbocycles. The molecule has 0 unspecified atom stereocenters. The van der Waals surface area contributed by atoms with Crippen molar-refractivity contribution in [2.75, 3.05) is 7.11 Å². The third-order valence-electron chi connectivity index (χ3n) is 2.49. The van der Waals surface area contributed by atoms with Gasteiger partial charge in [-0.15, -0.1) is 0 Å². The second-order valence-electron chi connectivity index (χ2n) is 3.63. The molecule has 2 rings (SSSR count). The summed E-state index contributed by atoms with van der Waals surface area (Å²) in [5, 5.41) is 0.970. The van der Waals surface area contributed by atoms with Gasteiger partial charge in [-0.1, -0.05) is 46.9 Å². The number of hydrogen-bond acceptors (Lipinski definition) is 3. The third kappa shape index (κ3) is 2.84. The van der Waals surface area contributed by atoms with E-state index in [9.17, 15) is 4.79 Å². The van der Waals surface area contributed by atoms with Gasteiger partial charge in [0.15, 0.2) is 0 Å². The molecule has 1 aromatic heterocycles. The quantitative estimate of drug-likeness (QED) is 0.605. The normalized spacial score (nSPS) is 10.3. The number of rotatable bonds is 2. The van der Waals surface area contributed by atoms with Crippen LogP contribution in [0.2, 0.25) is 15.2 Å². The van der Waals surface area contributed by atoms with Crippen molar-refractivity contribution < 1.29 is 9.53 Å². The molecule has 1 heterocycles. The molecule has 0 saturated heterocycles. The number of pyridine rings is 1. The van der Waals surface area contributed by atoms with Crippen molar-refractivity contribution in [2.24, 2.45) is 0 Å². The van der Waals surface area contributed by atoms with Gasteiger partial charge in [-0.05, 0) is 18.2 Å². The first kappa shape index (κ1) is 14.1. The van der Waals surface area contributed by atoms with Crippen molar-refractivity contribution in [1.82, 2.24) is 4.98 Å². The molecule has 1 aromatic carbocycles. The SMILES string of the molecule is COC(=O)c1ccc(-c2cccc(Cl)c2Cl)c(Cl)n1. The number of aromatic nitrogens is 1. The minimum Gasteiger partial charge on any atom is -0.464 e. The van der Waals surface area contributed by atoms with Gasteiger partial charge in [0.2, 0.25) is 0 Å². The van der Waals surface area contributed by atoms with Gasteiger partial charge < -0.3 is 4.74 Å². The predicted molar refractivity (Wildman–Crippen MR) is 76.0 cm³/mol. The third-order valence-corrected chi connectivity index (χ3v) is 3.59. The molecule has 0 spiro atoms. The van der Waals surface area contributed by atoms with Gasteiger partial charge >= 0.3 is 5.97 Å². The highest BCUT2D eigenvalue weighted by atomic mass is 35.5. The van der Waals surface area contributed by atoms with E-state index in [-0.39, 0.29) is 10.8 Å². The second-order valence-corrected chi connectivity index (χ2v) is 4.77. The zero-order valence-electron chi connectivity index (χ0n) is 9.78. The number of benzene rings is 1. The van der Waals surface area contributed by atoms with E-state index in [0.717, 1.165) is 0 Å². The molecule has 0 fully saturated rings. The molecular weight excluding hydrogens is 309 g/mol. The Labute approximate surface area is 125 Å². The Morgan fingerprint density at radius 2 is 1.84 bits per heavy atom. The topological polar surface area (TPSA) is 39.2 Å². The van der Waals surface area contributed by atoms with Crippen molar-refractivity contribution >= 4 is 40.8 Å². The van der Waals surface area contributed by atoms with Crippen LogP contribution in [0.4, 0.5) is 0 Å². The fourth-order valence-corrected chi connectivity index (χ4v) is 2.22. The van der Waals surface area contributed by atoms with E-state index in [1.54, 1.807) is 24.3 Å². The molecule has 0 radical (unpaired) electrons. The number of methoxy groups -OCH3 is 1. The van der Waals surface area contributed by atoms with Crippen LogP contribution < -0.4 is 0 Å². The van der Waals surface area contributed by atoms with E-state index in [1.165, 1.54) is 13.2 Å². The van der Waals surface area contributed by atoms with E-state index in [2.05, 4.69) is 9.72 Å². The summed E-state index contributed by atoms with van der Waals surface area (Å²) >= 11 is 18.1. The minimum absolute atomic E-state index is 0.134. The lowest BCUT2D eigenvalue weighted by molar-refractivity contribution is 0.0594. The number of halogens is 3. The van der Waals surface area contributed by atoms with Gasteiger partial charge in [0.1, 0.15) is 10.8 Å². The lowest BCUT2D eigenvalue weighted by Crippen LogP contribution is -2.04. The summed E-state index contributed by atoms with van der Waals surface area (Å²) in [5.41, 5.74) is 1.39. The smallest absolute Gasteiger partial charge is 0.356 e. The monoisotopic (exact) mass is 315 g/mol. The molecule has 2 aromatic rings. The highest BCUT2D eigenvalue weighted by molar-refractivity contribution is 6.44. The number of carbonyl (C=O) groups excluding carboxylic acids is 1. The number of ether oxygens (including phenoxy) is 1. The van der Waals surface area contributed by atoms with Crippen LogP contribution in [0, 0.1) is 0 Å². The Morgan fingerprint density at radius 3 is 2.47 bits per heavy atom. The first-order valence-electron chi connectivity index (χ1n) is 5.24. The molecule has 0 atom stereocenters. The molecule has 0 bridgehead atoms. The summed E-state index contributed by atoms with van der Waals surface area (Å²) in [7, 11) is 1.28.